The fraction of sp³-hybridized carbons (Fsp3) is 0.100. The van der Waals surface area contributed by atoms with Crippen LogP contribution in [0.2, 0.25) is 5.02 Å². The Balaban J connectivity index is 2.35. The van der Waals surface area contributed by atoms with E-state index in [0.29, 0.717) is 24.0 Å². The maximum atomic E-state index is 12.4. The summed E-state index contributed by atoms with van der Waals surface area (Å²) < 4.78 is 37.2. The minimum absolute atomic E-state index is 0.0120. The maximum Gasteiger partial charge on any atom is 0.417 e. The quantitative estimate of drug-likeness (QED) is 0.810. The van der Waals surface area contributed by atoms with Crippen molar-refractivity contribution in [2.24, 2.45) is 0 Å². The predicted molar refractivity (Wildman–Crippen MR) is 63.4 cm³/mol. The molecule has 1 N–H and O–H groups in total. The first-order valence-corrected chi connectivity index (χ1v) is 5.94. The maximum absolute atomic E-state index is 12.4. The van der Waals surface area contributed by atoms with Gasteiger partial charge in [0, 0.05) is 6.20 Å². The van der Waals surface area contributed by atoms with Gasteiger partial charge in [0.05, 0.1) is 21.2 Å². The van der Waals surface area contributed by atoms with Gasteiger partial charge in [0.1, 0.15) is 0 Å². The summed E-state index contributed by atoms with van der Waals surface area (Å²) in [7, 11) is 0. The van der Waals surface area contributed by atoms with Crippen molar-refractivity contribution >= 4 is 40.6 Å². The lowest BCUT2D eigenvalue weighted by atomic mass is 10.2. The van der Waals surface area contributed by atoms with E-state index in [1.807, 2.05) is 5.32 Å². The van der Waals surface area contributed by atoms with Crippen LogP contribution >= 0.6 is 23.4 Å². The molecule has 0 radical (unpaired) electrons. The van der Waals surface area contributed by atoms with Crippen LogP contribution in [0.5, 0.6) is 0 Å². The summed E-state index contributed by atoms with van der Waals surface area (Å²) in [6, 6.07) is 0.709. The topological polar surface area (TPSA) is 59.1 Å². The van der Waals surface area contributed by atoms with Gasteiger partial charge in [-0.2, -0.15) is 13.2 Å². The van der Waals surface area contributed by atoms with Gasteiger partial charge in [-0.1, -0.05) is 11.6 Å². The Hall–Kier alpha value is -1.54. The second-order valence-electron chi connectivity index (χ2n) is 3.44. The lowest BCUT2D eigenvalue weighted by molar-refractivity contribution is -0.137. The number of nitrogens with zero attached hydrogens (tertiary/aromatic N) is 1. The average Bonchev–Trinajstić information content (AvgIpc) is 2.59. The minimum atomic E-state index is -4.54. The Bertz CT molecular complexity index is 601. The molecule has 2 heterocycles. The summed E-state index contributed by atoms with van der Waals surface area (Å²) in [6.07, 6.45) is -2.78. The summed E-state index contributed by atoms with van der Waals surface area (Å²) in [5.74, 6) is -0.632. The van der Waals surface area contributed by atoms with E-state index in [1.54, 1.807) is 0 Å². The van der Waals surface area contributed by atoms with Gasteiger partial charge in [0.15, 0.2) is 0 Å². The molecule has 0 atom stereocenters. The van der Waals surface area contributed by atoms with Crippen LogP contribution in [-0.2, 0) is 11.0 Å². The zero-order valence-corrected chi connectivity index (χ0v) is 10.5. The van der Waals surface area contributed by atoms with Gasteiger partial charge in [-0.25, -0.2) is 0 Å². The fourth-order valence-electron chi connectivity index (χ4n) is 1.25. The third kappa shape index (κ3) is 3.07. The number of hydrogen-bond donors (Lipinski definition) is 1. The number of pyridine rings is 1. The van der Waals surface area contributed by atoms with E-state index in [4.69, 9.17) is 11.6 Å². The zero-order chi connectivity index (χ0) is 14.2. The molecule has 1 aliphatic heterocycles. The number of carbonyl (C=O) groups excluding carboxylic acids is 2. The van der Waals surface area contributed by atoms with Crippen molar-refractivity contribution in [2.75, 3.05) is 0 Å². The highest BCUT2D eigenvalue weighted by atomic mass is 35.5. The molecule has 0 aromatic carbocycles. The molecule has 0 saturated carbocycles. The first-order chi connectivity index (χ1) is 8.77. The van der Waals surface area contributed by atoms with Gasteiger partial charge in [-0.3, -0.25) is 19.9 Å². The summed E-state index contributed by atoms with van der Waals surface area (Å²) in [5, 5.41) is 1.20. The van der Waals surface area contributed by atoms with Gasteiger partial charge in [-0.05, 0) is 23.9 Å². The lowest BCUT2D eigenvalue weighted by Crippen LogP contribution is -2.17. The highest BCUT2D eigenvalue weighted by molar-refractivity contribution is 8.18. The molecule has 0 spiro atoms. The number of alkyl halides is 3. The van der Waals surface area contributed by atoms with E-state index >= 15 is 0 Å². The SMILES string of the molecule is O=C1NC(=O)/C(=C/c2ncc(C(F)(F)F)cc2Cl)S1. The molecule has 19 heavy (non-hydrogen) atoms. The molecule has 1 aromatic heterocycles. The Kier molecular flexibility index (Phi) is 3.55. The molecule has 2 rings (SSSR count). The molecule has 100 valence electrons. The number of nitrogens with one attached hydrogen (secondary N) is 1. The Morgan fingerprint density at radius 1 is 1.37 bits per heavy atom. The van der Waals surface area contributed by atoms with Crippen LogP contribution < -0.4 is 5.32 Å². The van der Waals surface area contributed by atoms with Crippen LogP contribution in [0.25, 0.3) is 6.08 Å². The highest BCUT2D eigenvalue weighted by Crippen LogP contribution is 2.32. The first-order valence-electron chi connectivity index (χ1n) is 4.75. The molecule has 0 unspecified atom stereocenters. The normalized spacial score (nSPS) is 18.0. The van der Waals surface area contributed by atoms with Crippen molar-refractivity contribution in [1.82, 2.24) is 10.3 Å². The van der Waals surface area contributed by atoms with Crippen molar-refractivity contribution in [1.29, 1.82) is 0 Å². The van der Waals surface area contributed by atoms with Crippen molar-refractivity contribution in [3.63, 3.8) is 0 Å². The smallest absolute Gasteiger partial charge is 0.282 e. The second kappa shape index (κ2) is 4.86. The fourth-order valence-corrected chi connectivity index (χ4v) is 2.13. The third-order valence-corrected chi connectivity index (χ3v) is 3.22. The molecular weight excluding hydrogens is 305 g/mol. The van der Waals surface area contributed by atoms with E-state index in [9.17, 15) is 22.8 Å². The van der Waals surface area contributed by atoms with E-state index in [-0.39, 0.29) is 15.6 Å². The number of carbonyl (C=O) groups is 2. The molecular formula is C10H4ClF3N2O2S. The van der Waals surface area contributed by atoms with Gasteiger partial charge in [-0.15, -0.1) is 0 Å². The summed E-state index contributed by atoms with van der Waals surface area (Å²) in [5.41, 5.74) is -0.999. The molecule has 1 aliphatic rings. The monoisotopic (exact) mass is 308 g/mol. The molecule has 0 bridgehead atoms. The van der Waals surface area contributed by atoms with Crippen molar-refractivity contribution < 1.29 is 22.8 Å². The number of halogens is 4. The van der Waals surface area contributed by atoms with Crippen molar-refractivity contribution in [2.45, 2.75) is 6.18 Å². The van der Waals surface area contributed by atoms with Crippen LogP contribution in [0.15, 0.2) is 17.2 Å². The van der Waals surface area contributed by atoms with Crippen LogP contribution in [-0.4, -0.2) is 16.1 Å². The standard InChI is InChI=1S/C10H4ClF3N2O2S/c11-5-1-4(10(12,13)14)3-15-6(5)2-7-8(17)16-9(18)19-7/h1-3H,(H,16,17,18)/b7-2-. The lowest BCUT2D eigenvalue weighted by Gasteiger charge is -2.07. The summed E-state index contributed by atoms with van der Waals surface area (Å²) in [4.78, 5) is 25.7. The van der Waals surface area contributed by atoms with Crippen molar-refractivity contribution in [3.05, 3.63) is 33.4 Å². The molecule has 2 amide bonds. The van der Waals surface area contributed by atoms with Gasteiger partial charge >= 0.3 is 6.18 Å². The van der Waals surface area contributed by atoms with Crippen LogP contribution in [0.4, 0.5) is 18.0 Å². The third-order valence-electron chi connectivity index (χ3n) is 2.11. The van der Waals surface area contributed by atoms with Crippen molar-refractivity contribution in [3.8, 4) is 0 Å². The van der Waals surface area contributed by atoms with E-state index < -0.39 is 22.9 Å². The Morgan fingerprint density at radius 3 is 2.53 bits per heavy atom. The van der Waals surface area contributed by atoms with Crippen LogP contribution in [0.1, 0.15) is 11.3 Å². The molecule has 1 saturated heterocycles. The van der Waals surface area contributed by atoms with Crippen LogP contribution in [0, 0.1) is 0 Å². The second-order valence-corrected chi connectivity index (χ2v) is 4.86. The number of aromatic nitrogens is 1. The minimum Gasteiger partial charge on any atom is -0.282 e. The van der Waals surface area contributed by atoms with Gasteiger partial charge < -0.3 is 0 Å². The highest BCUT2D eigenvalue weighted by Gasteiger charge is 2.32. The van der Waals surface area contributed by atoms with E-state index in [1.165, 1.54) is 0 Å². The van der Waals surface area contributed by atoms with Crippen LogP contribution in [0.3, 0.4) is 0 Å². The summed E-state index contributed by atoms with van der Waals surface area (Å²) >= 11 is 6.29. The van der Waals surface area contributed by atoms with E-state index in [0.717, 1.165) is 6.08 Å². The first kappa shape index (κ1) is 13.9. The molecule has 1 aromatic rings. The van der Waals surface area contributed by atoms with E-state index in [2.05, 4.69) is 4.98 Å². The number of imide groups is 1. The largest absolute Gasteiger partial charge is 0.417 e. The van der Waals surface area contributed by atoms with Gasteiger partial charge in [0.25, 0.3) is 11.1 Å². The zero-order valence-electron chi connectivity index (χ0n) is 8.92. The summed E-state index contributed by atoms with van der Waals surface area (Å²) in [6.45, 7) is 0. The number of rotatable bonds is 1. The molecule has 4 nitrogen and oxygen atoms in total. The number of hydrogen-bond acceptors (Lipinski definition) is 4. The Labute approximate surface area is 114 Å². The Morgan fingerprint density at radius 2 is 2.05 bits per heavy atom. The molecule has 0 aliphatic carbocycles. The predicted octanol–water partition coefficient (Wildman–Crippen LogP) is 3.08. The molecule has 9 heteroatoms. The number of thioether (sulfide) groups is 1. The molecule has 1 fully saturated rings. The van der Waals surface area contributed by atoms with Gasteiger partial charge in [0.2, 0.25) is 0 Å². The average molecular weight is 309 g/mol. The number of amides is 2.